The van der Waals surface area contributed by atoms with Crippen molar-refractivity contribution >= 4 is 16.3 Å². The maximum absolute atomic E-state index is 12.5. The third-order valence-electron chi connectivity index (χ3n) is 2.64. The van der Waals surface area contributed by atoms with Crippen LogP contribution in [0.2, 0.25) is 0 Å². The van der Waals surface area contributed by atoms with Gasteiger partial charge in [-0.05, 0) is 19.3 Å². The standard InChI is InChI=1S/C12H27O5PS/c1-4-7-10-16-18(13,12-9-6-3)19(14,15)17-11-8-5-2/h4-12H2,1-3H3. The SMILES string of the molecule is CCCCOP(=O)(CCCC)S(=O)(=O)OCCCC. The van der Waals surface area contributed by atoms with Crippen molar-refractivity contribution in [3.05, 3.63) is 0 Å². The van der Waals surface area contributed by atoms with E-state index in [1.54, 1.807) is 0 Å². The summed E-state index contributed by atoms with van der Waals surface area (Å²) in [7, 11) is -4.11. The van der Waals surface area contributed by atoms with Gasteiger partial charge in [0.15, 0.2) is 0 Å². The zero-order chi connectivity index (χ0) is 14.8. The second-order valence-electron chi connectivity index (χ2n) is 4.48. The molecule has 0 aliphatic carbocycles. The van der Waals surface area contributed by atoms with E-state index in [0.29, 0.717) is 19.3 Å². The topological polar surface area (TPSA) is 69.7 Å². The quantitative estimate of drug-likeness (QED) is 0.403. The lowest BCUT2D eigenvalue weighted by Gasteiger charge is -2.18. The first kappa shape index (κ1) is 19.1. The summed E-state index contributed by atoms with van der Waals surface area (Å²) in [4.78, 5) is 0. The smallest absolute Gasteiger partial charge is 0.316 e. The van der Waals surface area contributed by atoms with Crippen LogP contribution in [0.4, 0.5) is 0 Å². The molecule has 0 aromatic carbocycles. The molecular weight excluding hydrogens is 287 g/mol. The normalized spacial score (nSPS) is 15.3. The molecule has 0 fully saturated rings. The molecule has 0 bridgehead atoms. The van der Waals surface area contributed by atoms with Crippen molar-refractivity contribution in [2.75, 3.05) is 19.4 Å². The Bertz CT molecular complexity index is 366. The van der Waals surface area contributed by atoms with Crippen molar-refractivity contribution in [2.24, 2.45) is 0 Å². The molecule has 0 saturated heterocycles. The predicted molar refractivity (Wildman–Crippen MR) is 78.0 cm³/mol. The number of hydrogen-bond donors (Lipinski definition) is 0. The van der Waals surface area contributed by atoms with E-state index in [-0.39, 0.29) is 19.4 Å². The molecule has 0 N–H and O–H groups in total. The van der Waals surface area contributed by atoms with E-state index in [9.17, 15) is 13.0 Å². The molecule has 19 heavy (non-hydrogen) atoms. The molecular formula is C12H27O5PS. The highest BCUT2D eigenvalue weighted by Crippen LogP contribution is 2.55. The fourth-order valence-electron chi connectivity index (χ4n) is 1.33. The molecule has 0 aliphatic rings. The summed E-state index contributed by atoms with van der Waals surface area (Å²) in [5.74, 6) is 0. The summed E-state index contributed by atoms with van der Waals surface area (Å²) in [5, 5.41) is 0. The first-order valence-corrected chi connectivity index (χ1v) is 10.9. The fourth-order valence-corrected chi connectivity index (χ4v) is 5.79. The van der Waals surface area contributed by atoms with Crippen LogP contribution in [0.25, 0.3) is 0 Å². The Kier molecular flexibility index (Phi) is 9.97. The van der Waals surface area contributed by atoms with Crippen molar-refractivity contribution in [2.45, 2.75) is 59.3 Å². The van der Waals surface area contributed by atoms with Crippen LogP contribution >= 0.6 is 6.57 Å². The lowest BCUT2D eigenvalue weighted by atomic mass is 10.4. The number of rotatable bonds is 12. The van der Waals surface area contributed by atoms with Crippen molar-refractivity contribution < 1.29 is 21.7 Å². The first-order chi connectivity index (χ1) is 8.93. The van der Waals surface area contributed by atoms with E-state index in [4.69, 9.17) is 8.71 Å². The average Bonchev–Trinajstić information content (AvgIpc) is 2.36. The van der Waals surface area contributed by atoms with E-state index < -0.39 is 16.3 Å². The van der Waals surface area contributed by atoms with Crippen molar-refractivity contribution in [1.82, 2.24) is 0 Å². The Morgan fingerprint density at radius 1 is 0.895 bits per heavy atom. The summed E-state index contributed by atoms with van der Waals surface area (Å²) in [5.41, 5.74) is 0. The van der Waals surface area contributed by atoms with Crippen LogP contribution in [0.3, 0.4) is 0 Å². The molecule has 7 heteroatoms. The molecule has 1 atom stereocenters. The minimum Gasteiger partial charge on any atom is -0.316 e. The van der Waals surface area contributed by atoms with E-state index in [0.717, 1.165) is 19.3 Å². The molecule has 0 aliphatic heterocycles. The minimum absolute atomic E-state index is 0.0433. The summed E-state index contributed by atoms with van der Waals surface area (Å²) in [6.45, 7) is 2.34. The summed E-state index contributed by atoms with van der Waals surface area (Å²) in [6.07, 6.45) is 4.38. The molecule has 116 valence electrons. The fraction of sp³-hybridized carbons (Fsp3) is 1.00. The third kappa shape index (κ3) is 6.89. The lowest BCUT2D eigenvalue weighted by molar-refractivity contribution is 0.291. The van der Waals surface area contributed by atoms with E-state index >= 15 is 0 Å². The molecule has 0 rings (SSSR count). The van der Waals surface area contributed by atoms with Crippen LogP contribution in [-0.4, -0.2) is 27.8 Å². The second-order valence-corrected chi connectivity index (χ2v) is 10.5. The maximum Gasteiger partial charge on any atom is 0.343 e. The highest BCUT2D eigenvalue weighted by molar-refractivity contribution is 8.48. The average molecular weight is 314 g/mol. The molecule has 0 aromatic heterocycles. The van der Waals surface area contributed by atoms with Crippen molar-refractivity contribution in [3.63, 3.8) is 0 Å². The molecule has 5 nitrogen and oxygen atoms in total. The first-order valence-electron chi connectivity index (χ1n) is 7.06. The zero-order valence-corrected chi connectivity index (χ0v) is 14.0. The van der Waals surface area contributed by atoms with Crippen LogP contribution in [0.15, 0.2) is 0 Å². The van der Waals surface area contributed by atoms with Gasteiger partial charge >= 0.3 is 16.3 Å². The van der Waals surface area contributed by atoms with Gasteiger partial charge in [-0.1, -0.05) is 40.0 Å². The Hall–Kier alpha value is 0.100. The van der Waals surface area contributed by atoms with Gasteiger partial charge in [-0.2, -0.15) is 8.42 Å². The Morgan fingerprint density at radius 3 is 1.95 bits per heavy atom. The van der Waals surface area contributed by atoms with Crippen molar-refractivity contribution in [1.29, 1.82) is 0 Å². The number of hydrogen-bond acceptors (Lipinski definition) is 5. The van der Waals surface area contributed by atoms with Gasteiger partial charge < -0.3 is 4.52 Å². The van der Waals surface area contributed by atoms with E-state index in [2.05, 4.69) is 0 Å². The molecule has 0 radical (unpaired) electrons. The molecule has 0 spiro atoms. The number of unbranched alkanes of at least 4 members (excludes halogenated alkanes) is 3. The van der Waals surface area contributed by atoms with Crippen molar-refractivity contribution in [3.8, 4) is 0 Å². The van der Waals surface area contributed by atoms with Gasteiger partial charge in [0.2, 0.25) is 0 Å². The molecule has 0 aromatic rings. The third-order valence-corrected chi connectivity index (χ3v) is 8.45. The Balaban J connectivity index is 4.73. The lowest BCUT2D eigenvalue weighted by Crippen LogP contribution is -2.13. The van der Waals surface area contributed by atoms with Crippen LogP contribution in [0.1, 0.15) is 59.3 Å². The van der Waals surface area contributed by atoms with Crippen LogP contribution in [0.5, 0.6) is 0 Å². The Labute approximate surface area is 117 Å². The van der Waals surface area contributed by atoms with Gasteiger partial charge in [0.05, 0.1) is 13.2 Å². The van der Waals surface area contributed by atoms with Crippen LogP contribution in [0, 0.1) is 0 Å². The van der Waals surface area contributed by atoms with Gasteiger partial charge in [0.25, 0.3) is 0 Å². The maximum atomic E-state index is 12.5. The summed E-state index contributed by atoms with van der Waals surface area (Å²) < 4.78 is 46.6. The van der Waals surface area contributed by atoms with Gasteiger partial charge in [-0.3, -0.25) is 8.75 Å². The predicted octanol–water partition coefficient (Wildman–Crippen LogP) is 3.94. The largest absolute Gasteiger partial charge is 0.343 e. The van der Waals surface area contributed by atoms with Gasteiger partial charge in [-0.25, -0.2) is 0 Å². The minimum atomic E-state index is -4.11. The van der Waals surface area contributed by atoms with Gasteiger partial charge in [-0.15, -0.1) is 0 Å². The second kappa shape index (κ2) is 9.92. The zero-order valence-electron chi connectivity index (χ0n) is 12.3. The van der Waals surface area contributed by atoms with E-state index in [1.807, 2.05) is 20.8 Å². The highest BCUT2D eigenvalue weighted by atomic mass is 32.8. The molecule has 0 amide bonds. The van der Waals surface area contributed by atoms with Crippen LogP contribution < -0.4 is 0 Å². The highest BCUT2D eigenvalue weighted by Gasteiger charge is 2.39. The summed E-state index contributed by atoms with van der Waals surface area (Å²) in [6, 6.07) is 0. The molecule has 0 heterocycles. The monoisotopic (exact) mass is 314 g/mol. The van der Waals surface area contributed by atoms with Gasteiger partial charge in [0.1, 0.15) is 0 Å². The molecule has 1 unspecified atom stereocenters. The Morgan fingerprint density at radius 2 is 1.42 bits per heavy atom. The summed E-state index contributed by atoms with van der Waals surface area (Å²) >= 11 is 0. The van der Waals surface area contributed by atoms with E-state index in [1.165, 1.54) is 0 Å². The van der Waals surface area contributed by atoms with Gasteiger partial charge in [0, 0.05) is 6.16 Å². The van der Waals surface area contributed by atoms with Crippen LogP contribution in [-0.2, 0) is 23.0 Å². The molecule has 0 saturated carbocycles.